The van der Waals surface area contributed by atoms with Gasteiger partial charge in [-0.25, -0.2) is 13.6 Å². The van der Waals surface area contributed by atoms with Gasteiger partial charge < -0.3 is 14.8 Å². The third-order valence-corrected chi connectivity index (χ3v) is 2.79. The number of halogens is 2. The Morgan fingerprint density at radius 1 is 1.37 bits per heavy atom. The summed E-state index contributed by atoms with van der Waals surface area (Å²) in [5, 5.41) is 3.16. The molecule has 0 saturated heterocycles. The van der Waals surface area contributed by atoms with Crippen LogP contribution in [0.25, 0.3) is 0 Å². The molecule has 0 unspecified atom stereocenters. The molecular formula is C13H15F2NO3. The van der Waals surface area contributed by atoms with E-state index in [0.717, 1.165) is 12.8 Å². The molecule has 1 aromatic carbocycles. The molecule has 0 aliphatic heterocycles. The molecule has 0 aromatic heterocycles. The summed E-state index contributed by atoms with van der Waals surface area (Å²) < 4.78 is 36.4. The maximum Gasteiger partial charge on any atom is 0.343 e. The Labute approximate surface area is 109 Å². The number of hydrogen-bond acceptors (Lipinski definition) is 4. The molecule has 19 heavy (non-hydrogen) atoms. The molecule has 0 heterocycles. The second-order valence-electron chi connectivity index (χ2n) is 4.41. The Morgan fingerprint density at radius 3 is 2.53 bits per heavy atom. The Kier molecular flexibility index (Phi) is 4.31. The summed E-state index contributed by atoms with van der Waals surface area (Å²) in [5.74, 6) is -2.90. The third kappa shape index (κ3) is 3.89. The Balaban J connectivity index is 2.00. The minimum absolute atomic E-state index is 0.412. The highest BCUT2D eigenvalue weighted by Crippen LogP contribution is 2.24. The van der Waals surface area contributed by atoms with Crippen molar-refractivity contribution in [1.29, 1.82) is 0 Å². The van der Waals surface area contributed by atoms with E-state index in [9.17, 15) is 13.6 Å². The van der Waals surface area contributed by atoms with Crippen LogP contribution in [0.2, 0.25) is 0 Å². The summed E-state index contributed by atoms with van der Waals surface area (Å²) in [4.78, 5) is 10.9. The molecule has 1 fully saturated rings. The Hall–Kier alpha value is -1.69. The van der Waals surface area contributed by atoms with E-state index in [2.05, 4.69) is 10.1 Å². The van der Waals surface area contributed by atoms with E-state index in [1.54, 1.807) is 0 Å². The molecule has 1 aromatic rings. The lowest BCUT2D eigenvalue weighted by Crippen LogP contribution is -2.16. The first-order chi connectivity index (χ1) is 9.10. The molecule has 1 saturated carbocycles. The van der Waals surface area contributed by atoms with Crippen molar-refractivity contribution in [3.05, 3.63) is 29.3 Å². The summed E-state index contributed by atoms with van der Waals surface area (Å²) in [6.07, 6.45) is 2.20. The highest BCUT2D eigenvalue weighted by molar-refractivity contribution is 5.70. The zero-order valence-electron chi connectivity index (χ0n) is 10.5. The largest absolute Gasteiger partial charge is 0.476 e. The number of hydrogen-bond donors (Lipinski definition) is 1. The van der Waals surface area contributed by atoms with Crippen LogP contribution in [-0.4, -0.2) is 25.7 Å². The van der Waals surface area contributed by atoms with Crippen molar-refractivity contribution in [1.82, 2.24) is 5.32 Å². The lowest BCUT2D eigenvalue weighted by molar-refractivity contribution is -0.143. The molecule has 1 N–H and O–H groups in total. The first kappa shape index (κ1) is 13.7. The molecule has 6 heteroatoms. The van der Waals surface area contributed by atoms with Gasteiger partial charge in [0, 0.05) is 12.6 Å². The maximum absolute atomic E-state index is 13.7. The number of carbonyl (C=O) groups excluding carboxylic acids is 1. The number of esters is 1. The fraction of sp³-hybridized carbons (Fsp3) is 0.462. The lowest BCUT2D eigenvalue weighted by atomic mass is 10.2. The van der Waals surface area contributed by atoms with E-state index >= 15 is 0 Å². The van der Waals surface area contributed by atoms with E-state index < -0.39 is 30.0 Å². The monoisotopic (exact) mass is 271 g/mol. The Bertz CT molecular complexity index is 452. The average molecular weight is 271 g/mol. The van der Waals surface area contributed by atoms with Crippen LogP contribution in [0.15, 0.2) is 12.1 Å². The number of carbonyl (C=O) groups is 1. The predicted octanol–water partition coefficient (Wildman–Crippen LogP) is 1.77. The number of methoxy groups -OCH3 is 1. The predicted molar refractivity (Wildman–Crippen MR) is 63.7 cm³/mol. The zero-order valence-corrected chi connectivity index (χ0v) is 10.5. The standard InChI is InChI=1S/C13H15F2NO3/c1-18-12(17)7-19-13-10(14)4-8(5-11(13)15)6-16-9-2-3-9/h4-5,9,16H,2-3,6-7H2,1H3. The molecule has 4 nitrogen and oxygen atoms in total. The van der Waals surface area contributed by atoms with Crippen molar-refractivity contribution in [3.63, 3.8) is 0 Å². The molecule has 1 aliphatic rings. The first-order valence-corrected chi connectivity index (χ1v) is 6.01. The second kappa shape index (κ2) is 5.97. The van der Waals surface area contributed by atoms with Gasteiger partial charge in [0.1, 0.15) is 0 Å². The van der Waals surface area contributed by atoms with Gasteiger partial charge in [-0.1, -0.05) is 0 Å². The van der Waals surface area contributed by atoms with Crippen LogP contribution < -0.4 is 10.1 Å². The summed E-state index contributed by atoms with van der Waals surface area (Å²) in [5.41, 5.74) is 0.507. The zero-order chi connectivity index (χ0) is 13.8. The maximum atomic E-state index is 13.7. The molecule has 0 spiro atoms. The SMILES string of the molecule is COC(=O)COc1c(F)cc(CNC2CC2)cc1F. The van der Waals surface area contributed by atoms with E-state index in [0.29, 0.717) is 18.2 Å². The van der Waals surface area contributed by atoms with Crippen molar-refractivity contribution in [2.45, 2.75) is 25.4 Å². The van der Waals surface area contributed by atoms with Crippen LogP contribution in [0.4, 0.5) is 8.78 Å². The van der Waals surface area contributed by atoms with Crippen LogP contribution in [-0.2, 0) is 16.1 Å². The van der Waals surface area contributed by atoms with Crippen LogP contribution in [0.5, 0.6) is 5.75 Å². The lowest BCUT2D eigenvalue weighted by Gasteiger charge is -2.09. The second-order valence-corrected chi connectivity index (χ2v) is 4.41. The van der Waals surface area contributed by atoms with Crippen molar-refractivity contribution in [2.75, 3.05) is 13.7 Å². The summed E-state index contributed by atoms with van der Waals surface area (Å²) in [7, 11) is 1.17. The van der Waals surface area contributed by atoms with Crippen molar-refractivity contribution < 1.29 is 23.0 Å². The van der Waals surface area contributed by atoms with Crippen LogP contribution in [0, 0.1) is 11.6 Å². The van der Waals surface area contributed by atoms with Crippen molar-refractivity contribution in [2.24, 2.45) is 0 Å². The van der Waals surface area contributed by atoms with Crippen molar-refractivity contribution in [3.8, 4) is 5.75 Å². The number of ether oxygens (including phenoxy) is 2. The van der Waals surface area contributed by atoms with Gasteiger partial charge in [0.2, 0.25) is 0 Å². The quantitative estimate of drug-likeness (QED) is 0.801. The average Bonchev–Trinajstić information content (AvgIpc) is 3.19. The van der Waals surface area contributed by atoms with Gasteiger partial charge >= 0.3 is 5.97 Å². The van der Waals surface area contributed by atoms with Gasteiger partial charge in [-0.15, -0.1) is 0 Å². The van der Waals surface area contributed by atoms with E-state index in [-0.39, 0.29) is 0 Å². The number of nitrogens with one attached hydrogen (secondary N) is 1. The number of benzene rings is 1. The molecular weight excluding hydrogens is 256 g/mol. The molecule has 0 radical (unpaired) electrons. The molecule has 104 valence electrons. The van der Waals surface area contributed by atoms with Gasteiger partial charge in [-0.2, -0.15) is 0 Å². The van der Waals surface area contributed by atoms with E-state index in [1.165, 1.54) is 19.2 Å². The summed E-state index contributed by atoms with van der Waals surface area (Å²) in [6.45, 7) is -0.111. The molecule has 0 bridgehead atoms. The van der Waals surface area contributed by atoms with Crippen LogP contribution in [0.3, 0.4) is 0 Å². The normalized spacial score (nSPS) is 14.3. The third-order valence-electron chi connectivity index (χ3n) is 2.79. The molecule has 0 amide bonds. The number of rotatable bonds is 6. The first-order valence-electron chi connectivity index (χ1n) is 6.01. The van der Waals surface area contributed by atoms with Gasteiger partial charge in [-0.3, -0.25) is 0 Å². The van der Waals surface area contributed by atoms with Gasteiger partial charge in [-0.05, 0) is 30.5 Å². The minimum Gasteiger partial charge on any atom is -0.476 e. The van der Waals surface area contributed by atoms with Crippen molar-refractivity contribution >= 4 is 5.97 Å². The smallest absolute Gasteiger partial charge is 0.343 e. The fourth-order valence-electron chi connectivity index (χ4n) is 1.59. The van der Waals surface area contributed by atoms with Crippen LogP contribution >= 0.6 is 0 Å². The fourth-order valence-corrected chi connectivity index (χ4v) is 1.59. The van der Waals surface area contributed by atoms with E-state index in [4.69, 9.17) is 4.74 Å². The molecule has 0 atom stereocenters. The van der Waals surface area contributed by atoms with E-state index in [1.807, 2.05) is 0 Å². The topological polar surface area (TPSA) is 47.6 Å². The molecule has 2 rings (SSSR count). The summed E-state index contributed by atoms with van der Waals surface area (Å²) in [6, 6.07) is 2.86. The highest BCUT2D eigenvalue weighted by Gasteiger charge is 2.21. The molecule has 1 aliphatic carbocycles. The Morgan fingerprint density at radius 2 is 2.00 bits per heavy atom. The van der Waals surface area contributed by atoms with Crippen LogP contribution in [0.1, 0.15) is 18.4 Å². The highest BCUT2D eigenvalue weighted by atomic mass is 19.1. The minimum atomic E-state index is -0.823. The van der Waals surface area contributed by atoms with Gasteiger partial charge in [0.05, 0.1) is 7.11 Å². The van der Waals surface area contributed by atoms with Gasteiger partial charge in [0.25, 0.3) is 0 Å². The summed E-state index contributed by atoms with van der Waals surface area (Å²) >= 11 is 0. The van der Waals surface area contributed by atoms with Gasteiger partial charge in [0.15, 0.2) is 24.0 Å².